The van der Waals surface area contributed by atoms with E-state index in [1.165, 1.54) is 54.1 Å². The van der Waals surface area contributed by atoms with Gasteiger partial charge in [0.05, 0.1) is 33.5 Å². The summed E-state index contributed by atoms with van der Waals surface area (Å²) in [5, 5.41) is 5.18. The zero-order chi connectivity index (χ0) is 23.7. The molecule has 1 aromatic heterocycles. The number of fused-ring (bicyclic) bond motifs is 1. The Labute approximate surface area is 187 Å². The minimum absolute atomic E-state index is 0.0983. The average molecular weight is 498 g/mol. The Kier molecular flexibility index (Phi) is 6.64. The summed E-state index contributed by atoms with van der Waals surface area (Å²) in [6, 6.07) is 9.98. The highest BCUT2D eigenvalue weighted by Gasteiger charge is 2.15. The second-order valence-electron chi connectivity index (χ2n) is 6.82. The molecule has 13 heteroatoms. The number of rotatable bonds is 6. The number of primary sulfonamides is 1. The lowest BCUT2D eigenvalue weighted by Gasteiger charge is -2.04. The van der Waals surface area contributed by atoms with Crippen molar-refractivity contribution in [1.29, 1.82) is 0 Å². The molecule has 3 rings (SSSR count). The third-order valence-corrected chi connectivity index (χ3v) is 7.51. The Balaban J connectivity index is 2.02. The van der Waals surface area contributed by atoms with E-state index >= 15 is 0 Å². The van der Waals surface area contributed by atoms with Crippen molar-refractivity contribution >= 4 is 53.3 Å². The van der Waals surface area contributed by atoms with Crippen LogP contribution in [0.3, 0.4) is 0 Å². The summed E-state index contributed by atoms with van der Waals surface area (Å²) >= 11 is 1.02. The van der Waals surface area contributed by atoms with Crippen LogP contribution in [-0.2, 0) is 47.2 Å². The van der Waals surface area contributed by atoms with E-state index in [1.807, 2.05) is 0 Å². The van der Waals surface area contributed by atoms with Crippen LogP contribution in [0.25, 0.3) is 10.2 Å². The molecule has 10 nitrogen and oxygen atoms in total. The number of thiazole rings is 1. The topological polar surface area (TPSA) is 155 Å². The maximum Gasteiger partial charge on any atom is 0.325 e. The molecule has 0 saturated carbocycles. The first-order valence-corrected chi connectivity index (χ1v) is 13.2. The van der Waals surface area contributed by atoms with Crippen molar-refractivity contribution in [2.75, 3.05) is 13.4 Å². The number of methoxy groups -OCH3 is 1. The normalized spacial score (nSPS) is 12.8. The molecule has 0 atom stereocenters. The van der Waals surface area contributed by atoms with Gasteiger partial charge in [-0.15, -0.1) is 0 Å². The van der Waals surface area contributed by atoms with E-state index in [2.05, 4.69) is 4.99 Å². The molecule has 0 aliphatic carbocycles. The molecule has 0 saturated heterocycles. The SMILES string of the molecule is COC(=O)Cn1c(=NC(=O)Cc2ccc(S(C)(=O)=O)cc2)sc2cc(S(N)(=O)=O)ccc21. The molecular formula is C19H19N3O7S3. The summed E-state index contributed by atoms with van der Waals surface area (Å²) in [6.07, 6.45) is 0.990. The highest BCUT2D eigenvalue weighted by Crippen LogP contribution is 2.21. The fraction of sp³-hybridized carbons (Fsp3) is 0.211. The van der Waals surface area contributed by atoms with Crippen molar-refractivity contribution in [2.24, 2.45) is 10.1 Å². The van der Waals surface area contributed by atoms with Gasteiger partial charge in [-0.3, -0.25) is 9.59 Å². The number of nitrogens with zero attached hydrogens (tertiary/aromatic N) is 2. The molecule has 32 heavy (non-hydrogen) atoms. The molecule has 1 amide bonds. The monoisotopic (exact) mass is 497 g/mol. The number of ether oxygens (including phenoxy) is 1. The van der Waals surface area contributed by atoms with E-state index in [0.717, 1.165) is 17.6 Å². The van der Waals surface area contributed by atoms with E-state index in [1.54, 1.807) is 0 Å². The first-order valence-electron chi connectivity index (χ1n) is 8.98. The predicted molar refractivity (Wildman–Crippen MR) is 117 cm³/mol. The van der Waals surface area contributed by atoms with Gasteiger partial charge in [0, 0.05) is 6.26 Å². The molecule has 0 aliphatic rings. The lowest BCUT2D eigenvalue weighted by atomic mass is 10.1. The van der Waals surface area contributed by atoms with Crippen molar-refractivity contribution in [3.05, 3.63) is 52.8 Å². The summed E-state index contributed by atoms with van der Waals surface area (Å²) in [7, 11) is -6.07. The zero-order valence-electron chi connectivity index (χ0n) is 17.0. The summed E-state index contributed by atoms with van der Waals surface area (Å²) in [5.41, 5.74) is 1.04. The number of nitrogens with two attached hydrogens (primary N) is 1. The predicted octanol–water partition coefficient (Wildman–Crippen LogP) is 0.597. The Morgan fingerprint density at radius 3 is 2.25 bits per heavy atom. The second-order valence-corrected chi connectivity index (χ2v) is 11.4. The molecule has 0 unspecified atom stereocenters. The molecular weight excluding hydrogens is 478 g/mol. The van der Waals surface area contributed by atoms with Crippen LogP contribution in [0.2, 0.25) is 0 Å². The number of hydrogen-bond donors (Lipinski definition) is 1. The van der Waals surface area contributed by atoms with Crippen molar-refractivity contribution in [3.63, 3.8) is 0 Å². The van der Waals surface area contributed by atoms with Crippen LogP contribution in [-0.4, -0.2) is 46.6 Å². The Bertz CT molecular complexity index is 1480. The lowest BCUT2D eigenvalue weighted by molar-refractivity contribution is -0.141. The van der Waals surface area contributed by atoms with Crippen molar-refractivity contribution < 1.29 is 31.2 Å². The van der Waals surface area contributed by atoms with Crippen LogP contribution >= 0.6 is 11.3 Å². The summed E-state index contributed by atoms with van der Waals surface area (Å²) in [4.78, 5) is 28.7. The van der Waals surface area contributed by atoms with E-state index in [4.69, 9.17) is 9.88 Å². The molecule has 2 N–H and O–H groups in total. The highest BCUT2D eigenvalue weighted by atomic mass is 32.2. The number of carbonyl (C=O) groups is 2. The summed E-state index contributed by atoms with van der Waals surface area (Å²) < 4.78 is 53.0. The van der Waals surface area contributed by atoms with Gasteiger partial charge in [-0.05, 0) is 35.9 Å². The maximum absolute atomic E-state index is 12.6. The van der Waals surface area contributed by atoms with E-state index < -0.39 is 31.7 Å². The van der Waals surface area contributed by atoms with Crippen LogP contribution in [0.1, 0.15) is 5.56 Å². The van der Waals surface area contributed by atoms with E-state index in [-0.39, 0.29) is 27.6 Å². The van der Waals surface area contributed by atoms with Gasteiger partial charge >= 0.3 is 5.97 Å². The first kappa shape index (κ1) is 23.8. The fourth-order valence-corrected chi connectivity index (χ4v) is 5.17. The number of esters is 1. The fourth-order valence-electron chi connectivity index (χ4n) is 2.84. The zero-order valence-corrected chi connectivity index (χ0v) is 19.5. The number of sulfonamides is 1. The van der Waals surface area contributed by atoms with Crippen LogP contribution in [0.15, 0.2) is 57.2 Å². The number of carbonyl (C=O) groups excluding carboxylic acids is 2. The molecule has 170 valence electrons. The van der Waals surface area contributed by atoms with Crippen molar-refractivity contribution in [2.45, 2.75) is 22.8 Å². The molecule has 0 aliphatic heterocycles. The second kappa shape index (κ2) is 8.94. The quantitative estimate of drug-likeness (QED) is 0.489. The van der Waals surface area contributed by atoms with Gasteiger partial charge in [0.1, 0.15) is 6.54 Å². The first-order chi connectivity index (χ1) is 14.9. The molecule has 1 heterocycles. The Morgan fingerprint density at radius 2 is 1.69 bits per heavy atom. The number of hydrogen-bond acceptors (Lipinski definition) is 8. The smallest absolute Gasteiger partial charge is 0.325 e. The third kappa shape index (κ3) is 5.48. The van der Waals surface area contributed by atoms with E-state index in [0.29, 0.717) is 15.8 Å². The Morgan fingerprint density at radius 1 is 1.06 bits per heavy atom. The highest BCUT2D eigenvalue weighted by molar-refractivity contribution is 7.90. The Hall–Kier alpha value is -2.87. The van der Waals surface area contributed by atoms with Gasteiger partial charge in [0.2, 0.25) is 10.0 Å². The van der Waals surface area contributed by atoms with Gasteiger partial charge in [-0.25, -0.2) is 22.0 Å². The molecule has 2 aromatic carbocycles. The molecule has 0 radical (unpaired) electrons. The summed E-state index contributed by atoms with van der Waals surface area (Å²) in [6.45, 7) is -0.236. The minimum Gasteiger partial charge on any atom is -0.468 e. The number of benzene rings is 2. The third-order valence-electron chi connectivity index (χ3n) is 4.42. The van der Waals surface area contributed by atoms with Crippen molar-refractivity contribution in [3.8, 4) is 0 Å². The van der Waals surface area contributed by atoms with Gasteiger partial charge in [0.25, 0.3) is 5.91 Å². The number of sulfone groups is 1. The molecule has 0 bridgehead atoms. The van der Waals surface area contributed by atoms with Gasteiger partial charge in [0.15, 0.2) is 14.6 Å². The van der Waals surface area contributed by atoms with Crippen molar-refractivity contribution in [1.82, 2.24) is 4.57 Å². The van der Waals surface area contributed by atoms with Crippen LogP contribution in [0.5, 0.6) is 0 Å². The maximum atomic E-state index is 12.6. The van der Waals surface area contributed by atoms with Gasteiger partial charge < -0.3 is 9.30 Å². The standard InChI is InChI=1S/C19H19N3O7S3/c1-29-18(24)11-22-15-8-7-14(32(20,27)28)10-16(15)30-19(22)21-17(23)9-12-3-5-13(6-4-12)31(2,25)26/h3-8,10H,9,11H2,1-2H3,(H2,20,27,28). The minimum atomic E-state index is -3.94. The van der Waals surface area contributed by atoms with Gasteiger partial charge in [-0.2, -0.15) is 4.99 Å². The number of amides is 1. The van der Waals surface area contributed by atoms with Gasteiger partial charge in [-0.1, -0.05) is 23.5 Å². The molecule has 0 fully saturated rings. The largest absolute Gasteiger partial charge is 0.468 e. The van der Waals surface area contributed by atoms with Crippen LogP contribution < -0.4 is 9.94 Å². The van der Waals surface area contributed by atoms with Crippen LogP contribution in [0.4, 0.5) is 0 Å². The van der Waals surface area contributed by atoms with Crippen LogP contribution in [0, 0.1) is 0 Å². The number of aromatic nitrogens is 1. The average Bonchev–Trinajstić information content (AvgIpc) is 3.03. The lowest BCUT2D eigenvalue weighted by Crippen LogP contribution is -2.22. The van der Waals surface area contributed by atoms with E-state index in [9.17, 15) is 26.4 Å². The molecule has 0 spiro atoms. The summed E-state index contributed by atoms with van der Waals surface area (Å²) in [5.74, 6) is -1.11. The molecule has 3 aromatic rings.